The van der Waals surface area contributed by atoms with Gasteiger partial charge >= 0.3 is 6.18 Å². The number of nitrogens with zero attached hydrogens (tertiary/aromatic N) is 1. The molecule has 0 bridgehead atoms. The van der Waals surface area contributed by atoms with E-state index in [1.807, 2.05) is 49.4 Å². The Balaban J connectivity index is 1.77. The summed E-state index contributed by atoms with van der Waals surface area (Å²) in [5.41, 5.74) is 2.62. The van der Waals surface area contributed by atoms with Gasteiger partial charge in [0.2, 0.25) is 0 Å². The Labute approximate surface area is 162 Å². The molecule has 0 fully saturated rings. The molecule has 0 aliphatic rings. The van der Waals surface area contributed by atoms with Crippen molar-refractivity contribution in [1.82, 2.24) is 4.98 Å². The number of aryl methyl sites for hydroxylation is 1. The lowest BCUT2D eigenvalue weighted by Gasteiger charge is -2.12. The van der Waals surface area contributed by atoms with Gasteiger partial charge in [0.05, 0.1) is 15.8 Å². The minimum absolute atomic E-state index is 0.553. The van der Waals surface area contributed by atoms with Gasteiger partial charge in [0.15, 0.2) is 4.34 Å². The fraction of sp³-hybridized carbons (Fsp3) is 0.0952. The highest BCUT2D eigenvalue weighted by atomic mass is 32.2. The number of aromatic nitrogens is 1. The first-order chi connectivity index (χ1) is 12.9. The predicted molar refractivity (Wildman–Crippen MR) is 105 cm³/mol. The molecule has 0 amide bonds. The van der Waals surface area contributed by atoms with Crippen LogP contribution in [-0.2, 0) is 6.18 Å². The van der Waals surface area contributed by atoms with E-state index in [1.165, 1.54) is 23.9 Å². The van der Waals surface area contributed by atoms with E-state index in [-0.39, 0.29) is 0 Å². The first kappa shape index (κ1) is 18.1. The van der Waals surface area contributed by atoms with E-state index in [2.05, 4.69) is 4.98 Å². The fourth-order valence-corrected chi connectivity index (χ4v) is 4.97. The first-order valence-corrected chi connectivity index (χ1v) is 9.85. The molecule has 1 heterocycles. The Morgan fingerprint density at radius 2 is 1.74 bits per heavy atom. The van der Waals surface area contributed by atoms with Crippen LogP contribution in [0, 0.1) is 6.92 Å². The largest absolute Gasteiger partial charge is 0.416 e. The van der Waals surface area contributed by atoms with Crippen molar-refractivity contribution >= 4 is 33.3 Å². The third-order valence-electron chi connectivity index (χ3n) is 4.11. The van der Waals surface area contributed by atoms with Crippen molar-refractivity contribution < 1.29 is 13.2 Å². The van der Waals surface area contributed by atoms with Gasteiger partial charge in [0.1, 0.15) is 0 Å². The van der Waals surface area contributed by atoms with Gasteiger partial charge in [-0.1, -0.05) is 53.7 Å². The minimum atomic E-state index is -4.36. The highest BCUT2D eigenvalue weighted by Gasteiger charge is 2.30. The topological polar surface area (TPSA) is 12.9 Å². The van der Waals surface area contributed by atoms with Crippen LogP contribution in [0.15, 0.2) is 76.0 Å². The predicted octanol–water partition coefficient (Wildman–Crippen LogP) is 7.44. The van der Waals surface area contributed by atoms with E-state index in [4.69, 9.17) is 0 Å². The number of benzene rings is 3. The SMILES string of the molecule is Cc1ccc(Sc2nc3ccccc3s2)c(-c2cccc(C(F)(F)F)c2)c1. The summed E-state index contributed by atoms with van der Waals surface area (Å²) in [5, 5.41) is 0. The second-order valence-electron chi connectivity index (χ2n) is 6.13. The smallest absolute Gasteiger partial charge is 0.229 e. The molecule has 0 saturated heterocycles. The summed E-state index contributed by atoms with van der Waals surface area (Å²) in [7, 11) is 0. The molecule has 3 aromatic carbocycles. The Morgan fingerprint density at radius 3 is 2.52 bits per heavy atom. The van der Waals surface area contributed by atoms with Crippen molar-refractivity contribution in [2.75, 3.05) is 0 Å². The Morgan fingerprint density at radius 1 is 0.926 bits per heavy atom. The highest BCUT2D eigenvalue weighted by Crippen LogP contribution is 2.41. The Kier molecular flexibility index (Phi) is 4.70. The summed E-state index contributed by atoms with van der Waals surface area (Å²) in [6, 6.07) is 19.2. The molecule has 0 unspecified atom stereocenters. The quantitative estimate of drug-likeness (QED) is 0.354. The van der Waals surface area contributed by atoms with Crippen LogP contribution in [0.3, 0.4) is 0 Å². The maximum absolute atomic E-state index is 13.1. The molecular weight excluding hydrogens is 387 g/mol. The van der Waals surface area contributed by atoms with Gasteiger partial charge in [0, 0.05) is 4.90 Å². The number of alkyl halides is 3. The molecule has 136 valence electrons. The lowest BCUT2D eigenvalue weighted by Crippen LogP contribution is -2.04. The normalized spacial score (nSPS) is 11.9. The minimum Gasteiger partial charge on any atom is -0.229 e. The fourth-order valence-electron chi connectivity index (χ4n) is 2.81. The van der Waals surface area contributed by atoms with Gasteiger partial charge in [0.25, 0.3) is 0 Å². The zero-order valence-corrected chi connectivity index (χ0v) is 15.9. The van der Waals surface area contributed by atoms with Crippen LogP contribution in [0.25, 0.3) is 21.3 Å². The summed E-state index contributed by atoms with van der Waals surface area (Å²) in [6.07, 6.45) is -4.36. The van der Waals surface area contributed by atoms with Crippen LogP contribution in [-0.4, -0.2) is 4.98 Å². The Hall–Kier alpha value is -2.31. The van der Waals surface area contributed by atoms with Gasteiger partial charge in [-0.15, -0.1) is 11.3 Å². The van der Waals surface area contributed by atoms with E-state index in [1.54, 1.807) is 17.4 Å². The number of hydrogen-bond acceptors (Lipinski definition) is 3. The Bertz CT molecular complexity index is 1080. The lowest BCUT2D eigenvalue weighted by molar-refractivity contribution is -0.137. The highest BCUT2D eigenvalue weighted by molar-refractivity contribution is 8.01. The van der Waals surface area contributed by atoms with Crippen LogP contribution in [0.2, 0.25) is 0 Å². The zero-order valence-electron chi connectivity index (χ0n) is 14.2. The average Bonchev–Trinajstić information content (AvgIpc) is 3.05. The number of halogens is 3. The molecule has 1 nitrogen and oxygen atoms in total. The van der Waals surface area contributed by atoms with Crippen molar-refractivity contribution in [3.8, 4) is 11.1 Å². The molecule has 0 spiro atoms. The summed E-state index contributed by atoms with van der Waals surface area (Å²) >= 11 is 3.06. The third kappa shape index (κ3) is 3.87. The monoisotopic (exact) mass is 401 g/mol. The van der Waals surface area contributed by atoms with Gasteiger partial charge in [-0.2, -0.15) is 13.2 Å². The summed E-state index contributed by atoms with van der Waals surface area (Å²) in [5.74, 6) is 0. The van der Waals surface area contributed by atoms with Crippen molar-refractivity contribution in [3.05, 3.63) is 77.9 Å². The molecule has 1 aromatic heterocycles. The van der Waals surface area contributed by atoms with Crippen LogP contribution in [0.4, 0.5) is 13.2 Å². The number of thiazole rings is 1. The van der Waals surface area contributed by atoms with Gasteiger partial charge < -0.3 is 0 Å². The lowest BCUT2D eigenvalue weighted by atomic mass is 10.0. The van der Waals surface area contributed by atoms with Crippen LogP contribution < -0.4 is 0 Å². The van der Waals surface area contributed by atoms with Crippen LogP contribution in [0.1, 0.15) is 11.1 Å². The maximum atomic E-state index is 13.1. The molecule has 0 atom stereocenters. The van der Waals surface area contributed by atoms with E-state index in [9.17, 15) is 13.2 Å². The van der Waals surface area contributed by atoms with Gasteiger partial charge in [-0.05, 0) is 48.4 Å². The molecule has 0 aliphatic carbocycles. The van der Waals surface area contributed by atoms with E-state index < -0.39 is 11.7 Å². The number of para-hydroxylation sites is 1. The molecule has 4 rings (SSSR count). The summed E-state index contributed by atoms with van der Waals surface area (Å²) in [6.45, 7) is 1.93. The second kappa shape index (κ2) is 7.02. The van der Waals surface area contributed by atoms with E-state index in [0.29, 0.717) is 5.56 Å². The van der Waals surface area contributed by atoms with Crippen molar-refractivity contribution in [2.24, 2.45) is 0 Å². The molecule has 0 saturated carbocycles. The number of rotatable bonds is 3. The molecule has 4 aromatic rings. The van der Waals surface area contributed by atoms with E-state index in [0.717, 1.165) is 36.6 Å². The molecule has 27 heavy (non-hydrogen) atoms. The van der Waals surface area contributed by atoms with Crippen molar-refractivity contribution in [1.29, 1.82) is 0 Å². The molecule has 0 N–H and O–H groups in total. The zero-order chi connectivity index (χ0) is 19.0. The standard InChI is InChI=1S/C21H14F3NS2/c1-13-9-10-18(26-20-25-17-7-2-3-8-19(17)27-20)16(11-13)14-5-4-6-15(12-14)21(22,23)24/h2-12H,1H3. The van der Waals surface area contributed by atoms with Gasteiger partial charge in [-0.3, -0.25) is 0 Å². The third-order valence-corrected chi connectivity index (χ3v) is 6.28. The molecular formula is C21H14F3NS2. The summed E-state index contributed by atoms with van der Waals surface area (Å²) in [4.78, 5) is 5.51. The second-order valence-corrected chi connectivity index (χ2v) is 8.45. The molecule has 6 heteroatoms. The van der Waals surface area contributed by atoms with Crippen LogP contribution >= 0.6 is 23.1 Å². The van der Waals surface area contributed by atoms with Gasteiger partial charge in [-0.25, -0.2) is 4.98 Å². The number of hydrogen-bond donors (Lipinski definition) is 0. The molecule has 0 aliphatic heterocycles. The van der Waals surface area contributed by atoms with Crippen molar-refractivity contribution in [3.63, 3.8) is 0 Å². The van der Waals surface area contributed by atoms with E-state index >= 15 is 0 Å². The summed E-state index contributed by atoms with van der Waals surface area (Å²) < 4.78 is 41.3. The number of fused-ring (bicyclic) bond motifs is 1. The maximum Gasteiger partial charge on any atom is 0.416 e. The molecule has 0 radical (unpaired) electrons. The van der Waals surface area contributed by atoms with Crippen LogP contribution in [0.5, 0.6) is 0 Å². The first-order valence-electron chi connectivity index (χ1n) is 8.22. The van der Waals surface area contributed by atoms with Crippen molar-refractivity contribution in [2.45, 2.75) is 22.3 Å². The average molecular weight is 401 g/mol.